The molecule has 8 nitrogen and oxygen atoms in total. The molecule has 0 spiro atoms. The number of nitrogens with one attached hydrogen (secondary N) is 1. The van der Waals surface area contributed by atoms with Crippen LogP contribution in [-0.4, -0.2) is 62.5 Å². The van der Waals surface area contributed by atoms with Gasteiger partial charge < -0.3 is 15.0 Å². The van der Waals surface area contributed by atoms with Gasteiger partial charge in [0.15, 0.2) is 0 Å². The van der Waals surface area contributed by atoms with E-state index in [-0.39, 0.29) is 5.95 Å². The molecule has 36 heavy (non-hydrogen) atoms. The molecule has 9 heteroatoms. The van der Waals surface area contributed by atoms with Crippen molar-refractivity contribution in [3.8, 4) is 21.6 Å². The molecule has 0 radical (unpaired) electrons. The van der Waals surface area contributed by atoms with Crippen molar-refractivity contribution >= 4 is 49.3 Å². The number of anilines is 1. The number of benzene rings is 2. The molecule has 0 amide bonds. The third-order valence-electron chi connectivity index (χ3n) is 6.95. The van der Waals surface area contributed by atoms with Crippen LogP contribution in [0.5, 0.6) is 0 Å². The number of fused-ring (bicyclic) bond motifs is 3. The average molecular weight is 496 g/mol. The van der Waals surface area contributed by atoms with Crippen molar-refractivity contribution in [2.75, 3.05) is 38.6 Å². The number of aromatic nitrogens is 5. The Labute approximate surface area is 211 Å². The molecule has 180 valence electrons. The van der Waals surface area contributed by atoms with Gasteiger partial charge in [-0.25, -0.2) is 9.97 Å². The summed E-state index contributed by atoms with van der Waals surface area (Å²) in [6.07, 6.45) is 5.91. The molecule has 7 rings (SSSR count). The number of morpholine rings is 1. The smallest absolute Gasteiger partial charge is 0.220 e. The number of rotatable bonds is 5. The number of nitrogens with two attached hydrogens (primary N) is 1. The molecule has 4 aromatic heterocycles. The molecule has 0 bridgehead atoms. The van der Waals surface area contributed by atoms with Crippen molar-refractivity contribution < 1.29 is 4.74 Å². The highest BCUT2D eigenvalue weighted by molar-refractivity contribution is 7.22. The minimum atomic E-state index is 0.281. The number of H-pyrrole nitrogens is 1. The Hall–Kier alpha value is -3.79. The molecule has 1 aliphatic heterocycles. The summed E-state index contributed by atoms with van der Waals surface area (Å²) >= 11 is 1.79. The molecule has 0 unspecified atom stereocenters. The number of hydrogen-bond donors (Lipinski definition) is 2. The van der Waals surface area contributed by atoms with E-state index in [1.54, 1.807) is 11.3 Å². The average Bonchev–Trinajstić information content (AvgIpc) is 3.64. The largest absolute Gasteiger partial charge is 0.379 e. The van der Waals surface area contributed by atoms with Crippen LogP contribution >= 0.6 is 11.3 Å². The fourth-order valence-electron chi connectivity index (χ4n) is 5.08. The van der Waals surface area contributed by atoms with E-state index in [2.05, 4.69) is 78.3 Å². The van der Waals surface area contributed by atoms with E-state index in [0.29, 0.717) is 0 Å². The van der Waals surface area contributed by atoms with Crippen molar-refractivity contribution in [3.05, 3.63) is 61.1 Å². The highest BCUT2D eigenvalue weighted by atomic mass is 32.1. The summed E-state index contributed by atoms with van der Waals surface area (Å²) in [5, 5.41) is 9.87. The number of thiophene rings is 1. The highest BCUT2D eigenvalue weighted by Crippen LogP contribution is 2.40. The summed E-state index contributed by atoms with van der Waals surface area (Å²) in [7, 11) is 0. The highest BCUT2D eigenvalue weighted by Gasteiger charge is 2.18. The number of nitrogens with zero attached hydrogens (tertiary/aromatic N) is 5. The topological polar surface area (TPSA) is 97.9 Å². The Morgan fingerprint density at radius 2 is 1.89 bits per heavy atom. The van der Waals surface area contributed by atoms with Gasteiger partial charge in [-0.15, -0.1) is 11.3 Å². The van der Waals surface area contributed by atoms with Gasteiger partial charge in [-0.2, -0.15) is 5.10 Å². The fourth-order valence-corrected chi connectivity index (χ4v) is 6.16. The first-order valence-corrected chi connectivity index (χ1v) is 12.9. The van der Waals surface area contributed by atoms with Crippen LogP contribution < -0.4 is 5.73 Å². The molecule has 1 aliphatic rings. The maximum Gasteiger partial charge on any atom is 0.220 e. The molecule has 0 saturated carbocycles. The molecule has 2 aromatic carbocycles. The standard InChI is InChI=1S/C27H25N7OS/c28-27-29-15-22-26(31-27)21(16-34(22)6-5-33-7-9-35-10-8-33)18-11-19-14-30-32-25(19)20(12-18)24-13-17-3-1-2-4-23(17)36-24/h1-4,11-16H,5-10H2,(H,30,32)(H2,28,29,31). The van der Waals surface area contributed by atoms with Crippen LogP contribution in [0.15, 0.2) is 61.1 Å². The van der Waals surface area contributed by atoms with E-state index in [4.69, 9.17) is 10.5 Å². The normalized spacial score (nSPS) is 14.9. The zero-order valence-corrected chi connectivity index (χ0v) is 20.5. The van der Waals surface area contributed by atoms with Crippen LogP contribution in [0.1, 0.15) is 0 Å². The first-order chi connectivity index (χ1) is 17.7. The summed E-state index contributed by atoms with van der Waals surface area (Å²) in [5.74, 6) is 0.281. The molecule has 0 aliphatic carbocycles. The minimum Gasteiger partial charge on any atom is -0.379 e. The lowest BCUT2D eigenvalue weighted by molar-refractivity contribution is 0.0365. The van der Waals surface area contributed by atoms with Gasteiger partial charge in [0.1, 0.15) is 5.52 Å². The van der Waals surface area contributed by atoms with Crippen LogP contribution in [0.25, 0.3) is 53.6 Å². The first kappa shape index (κ1) is 21.5. The van der Waals surface area contributed by atoms with Crippen molar-refractivity contribution in [2.24, 2.45) is 0 Å². The van der Waals surface area contributed by atoms with E-state index in [1.807, 2.05) is 12.4 Å². The van der Waals surface area contributed by atoms with E-state index in [1.165, 1.54) is 15.0 Å². The van der Waals surface area contributed by atoms with Gasteiger partial charge >= 0.3 is 0 Å². The Morgan fingerprint density at radius 3 is 2.78 bits per heavy atom. The monoisotopic (exact) mass is 495 g/mol. The third-order valence-corrected chi connectivity index (χ3v) is 8.10. The van der Waals surface area contributed by atoms with E-state index < -0.39 is 0 Å². The Morgan fingerprint density at radius 1 is 1.00 bits per heavy atom. The van der Waals surface area contributed by atoms with Crippen molar-refractivity contribution in [3.63, 3.8) is 0 Å². The van der Waals surface area contributed by atoms with Gasteiger partial charge in [-0.3, -0.25) is 10.00 Å². The maximum atomic E-state index is 6.04. The Bertz CT molecular complexity index is 1680. The second-order valence-electron chi connectivity index (χ2n) is 9.16. The van der Waals surface area contributed by atoms with Crippen LogP contribution in [0.2, 0.25) is 0 Å². The van der Waals surface area contributed by atoms with Crippen LogP contribution in [0.4, 0.5) is 5.95 Å². The quantitative estimate of drug-likeness (QED) is 0.358. The van der Waals surface area contributed by atoms with Crippen molar-refractivity contribution in [1.82, 2.24) is 29.6 Å². The van der Waals surface area contributed by atoms with Gasteiger partial charge in [0.25, 0.3) is 0 Å². The SMILES string of the molecule is Nc1ncc2c(n1)c(-c1cc(-c3cc4ccccc4s3)c3[nH]ncc3c1)cn2CCN1CCOCC1. The molecule has 6 aromatic rings. The predicted octanol–water partition coefficient (Wildman–Crippen LogP) is 4.77. The van der Waals surface area contributed by atoms with E-state index in [0.717, 1.165) is 78.0 Å². The lowest BCUT2D eigenvalue weighted by Gasteiger charge is -2.26. The summed E-state index contributed by atoms with van der Waals surface area (Å²) in [6.45, 7) is 5.31. The minimum absolute atomic E-state index is 0.281. The molecular formula is C27H25N7OS. The molecule has 3 N–H and O–H groups in total. The molecular weight excluding hydrogens is 470 g/mol. The fraction of sp³-hybridized carbons (Fsp3) is 0.222. The first-order valence-electron chi connectivity index (χ1n) is 12.1. The van der Waals surface area contributed by atoms with Crippen molar-refractivity contribution in [2.45, 2.75) is 6.54 Å². The lowest BCUT2D eigenvalue weighted by Crippen LogP contribution is -2.38. The van der Waals surface area contributed by atoms with E-state index >= 15 is 0 Å². The van der Waals surface area contributed by atoms with Gasteiger partial charge in [-0.1, -0.05) is 18.2 Å². The summed E-state index contributed by atoms with van der Waals surface area (Å²) in [4.78, 5) is 12.6. The maximum absolute atomic E-state index is 6.04. The number of ether oxygens (including phenoxy) is 1. The Balaban J connectivity index is 1.35. The van der Waals surface area contributed by atoms with Gasteiger partial charge in [0.2, 0.25) is 5.95 Å². The number of aromatic amines is 1. The predicted molar refractivity (Wildman–Crippen MR) is 145 cm³/mol. The lowest BCUT2D eigenvalue weighted by atomic mass is 10.0. The van der Waals surface area contributed by atoms with Gasteiger partial charge in [-0.05, 0) is 35.2 Å². The molecule has 0 atom stereocenters. The summed E-state index contributed by atoms with van der Waals surface area (Å²) in [6, 6.07) is 15.2. The molecule has 5 heterocycles. The van der Waals surface area contributed by atoms with Crippen LogP contribution in [0, 0.1) is 0 Å². The third kappa shape index (κ3) is 3.72. The zero-order chi connectivity index (χ0) is 24.1. The second-order valence-corrected chi connectivity index (χ2v) is 10.2. The number of hydrogen-bond acceptors (Lipinski definition) is 7. The van der Waals surface area contributed by atoms with Crippen molar-refractivity contribution in [1.29, 1.82) is 0 Å². The zero-order valence-electron chi connectivity index (χ0n) is 19.6. The van der Waals surface area contributed by atoms with Gasteiger partial charge in [0.05, 0.1) is 36.6 Å². The summed E-state index contributed by atoms with van der Waals surface area (Å²) in [5.41, 5.74) is 12.2. The molecule has 1 fully saturated rings. The summed E-state index contributed by atoms with van der Waals surface area (Å²) < 4.78 is 9.02. The second kappa shape index (κ2) is 8.70. The van der Waals surface area contributed by atoms with Crippen LogP contribution in [-0.2, 0) is 11.3 Å². The number of nitrogen functional groups attached to an aromatic ring is 1. The van der Waals surface area contributed by atoms with E-state index in [9.17, 15) is 0 Å². The van der Waals surface area contributed by atoms with Crippen LogP contribution in [0.3, 0.4) is 0 Å². The Kier molecular flexibility index (Phi) is 5.19. The molecule has 1 saturated heterocycles. The van der Waals surface area contributed by atoms with Gasteiger partial charge in [0, 0.05) is 58.5 Å².